The average molecular weight is 392 g/mol. The highest BCUT2D eigenvalue weighted by molar-refractivity contribution is 7.54. The number of rotatable bonds is 9. The van der Waals surface area contributed by atoms with Crippen molar-refractivity contribution in [1.29, 1.82) is 0 Å². The van der Waals surface area contributed by atoms with Gasteiger partial charge in [0.05, 0.1) is 17.1 Å². The molecule has 0 heterocycles. The maximum Gasteiger partial charge on any atom is 0.357 e. The molecule has 146 valence electrons. The van der Waals surface area contributed by atoms with E-state index in [0.717, 1.165) is 0 Å². The third-order valence-corrected chi connectivity index (χ3v) is 6.00. The van der Waals surface area contributed by atoms with E-state index in [1.807, 2.05) is 30.3 Å². The van der Waals surface area contributed by atoms with Crippen molar-refractivity contribution in [3.8, 4) is 0 Å². The second-order valence-corrected chi connectivity index (χ2v) is 8.63. The van der Waals surface area contributed by atoms with E-state index in [4.69, 9.17) is 9.05 Å². The molecule has 0 aliphatic heterocycles. The monoisotopic (exact) mass is 392 g/mol. The standard InChI is InChI=1S/C19H25N2O5P/c1-14(2)25-27(24,26-15(3)4)19(16-9-6-5-7-10-16)20-17-11-8-12-18(13-17)21(22)23/h5-15,19-20H,1-4H3. The summed E-state index contributed by atoms with van der Waals surface area (Å²) in [5.74, 6) is -0.814. The molecule has 1 unspecified atom stereocenters. The first-order valence-corrected chi connectivity index (χ1v) is 10.3. The number of nitrogens with one attached hydrogen (secondary N) is 1. The van der Waals surface area contributed by atoms with Crippen LogP contribution in [0.1, 0.15) is 39.0 Å². The van der Waals surface area contributed by atoms with Crippen molar-refractivity contribution in [2.75, 3.05) is 5.32 Å². The molecule has 2 aromatic rings. The van der Waals surface area contributed by atoms with Crippen LogP contribution in [0.15, 0.2) is 54.6 Å². The molecule has 27 heavy (non-hydrogen) atoms. The number of nitro benzene ring substituents is 1. The number of anilines is 1. The van der Waals surface area contributed by atoms with Crippen molar-refractivity contribution >= 4 is 19.0 Å². The van der Waals surface area contributed by atoms with Gasteiger partial charge in [0.2, 0.25) is 0 Å². The van der Waals surface area contributed by atoms with Crippen molar-refractivity contribution in [2.45, 2.75) is 45.7 Å². The maximum atomic E-state index is 13.7. The molecule has 1 N–H and O–H groups in total. The highest BCUT2D eigenvalue weighted by Gasteiger charge is 2.39. The van der Waals surface area contributed by atoms with E-state index in [-0.39, 0.29) is 17.9 Å². The molecule has 0 amide bonds. The number of hydrogen-bond acceptors (Lipinski definition) is 6. The third kappa shape index (κ3) is 5.89. The highest BCUT2D eigenvalue weighted by Crippen LogP contribution is 2.62. The van der Waals surface area contributed by atoms with Crippen LogP contribution in [-0.4, -0.2) is 17.1 Å². The largest absolute Gasteiger partial charge is 0.368 e. The normalized spacial score (nSPS) is 13.0. The van der Waals surface area contributed by atoms with Crippen LogP contribution >= 0.6 is 7.60 Å². The molecule has 2 rings (SSSR count). The van der Waals surface area contributed by atoms with E-state index < -0.39 is 18.3 Å². The lowest BCUT2D eigenvalue weighted by Gasteiger charge is -2.31. The Labute approximate surface area is 159 Å². The number of nitro groups is 1. The molecule has 0 bridgehead atoms. The van der Waals surface area contributed by atoms with Gasteiger partial charge in [-0.15, -0.1) is 0 Å². The van der Waals surface area contributed by atoms with Gasteiger partial charge in [0.25, 0.3) is 5.69 Å². The Morgan fingerprint density at radius 3 is 2.07 bits per heavy atom. The summed E-state index contributed by atoms with van der Waals surface area (Å²) in [5.41, 5.74) is 1.10. The zero-order chi connectivity index (χ0) is 20.0. The van der Waals surface area contributed by atoms with Gasteiger partial charge in [0.1, 0.15) is 0 Å². The number of non-ortho nitro benzene ring substituents is 1. The Hall–Kier alpha value is -2.21. The second-order valence-electron chi connectivity index (χ2n) is 6.61. The minimum absolute atomic E-state index is 0.0591. The van der Waals surface area contributed by atoms with E-state index in [1.165, 1.54) is 12.1 Å². The Morgan fingerprint density at radius 1 is 0.963 bits per heavy atom. The van der Waals surface area contributed by atoms with Crippen molar-refractivity contribution in [3.63, 3.8) is 0 Å². The van der Waals surface area contributed by atoms with Gasteiger partial charge in [-0.05, 0) is 39.3 Å². The zero-order valence-corrected chi connectivity index (χ0v) is 16.8. The smallest absolute Gasteiger partial charge is 0.357 e. The number of hydrogen-bond donors (Lipinski definition) is 1. The predicted molar refractivity (Wildman–Crippen MR) is 106 cm³/mol. The van der Waals surface area contributed by atoms with Crippen LogP contribution in [0.2, 0.25) is 0 Å². The van der Waals surface area contributed by atoms with Gasteiger partial charge in [-0.2, -0.15) is 0 Å². The van der Waals surface area contributed by atoms with Gasteiger partial charge < -0.3 is 14.4 Å². The van der Waals surface area contributed by atoms with E-state index in [9.17, 15) is 14.7 Å². The molecule has 0 aliphatic rings. The molecule has 0 aromatic heterocycles. The van der Waals surface area contributed by atoms with E-state index in [1.54, 1.807) is 39.8 Å². The molecular formula is C19H25N2O5P. The summed E-state index contributed by atoms with van der Waals surface area (Å²) in [6, 6.07) is 15.2. The molecule has 0 spiro atoms. The van der Waals surface area contributed by atoms with Gasteiger partial charge in [-0.1, -0.05) is 36.4 Å². The first-order valence-electron chi connectivity index (χ1n) is 8.73. The van der Waals surface area contributed by atoms with Crippen LogP contribution in [0.3, 0.4) is 0 Å². The zero-order valence-electron chi connectivity index (χ0n) is 15.9. The van der Waals surface area contributed by atoms with E-state index in [0.29, 0.717) is 11.3 Å². The van der Waals surface area contributed by atoms with Crippen molar-refractivity contribution in [2.24, 2.45) is 0 Å². The molecule has 0 radical (unpaired) electrons. The molecule has 8 heteroatoms. The van der Waals surface area contributed by atoms with Crippen LogP contribution in [0.25, 0.3) is 0 Å². The predicted octanol–water partition coefficient (Wildman–Crippen LogP) is 5.75. The topological polar surface area (TPSA) is 90.7 Å². The summed E-state index contributed by atoms with van der Waals surface area (Å²) in [6.07, 6.45) is -0.652. The fourth-order valence-electron chi connectivity index (χ4n) is 2.58. The molecule has 0 saturated carbocycles. The van der Waals surface area contributed by atoms with Gasteiger partial charge in [0, 0.05) is 17.8 Å². The van der Waals surface area contributed by atoms with E-state index >= 15 is 0 Å². The lowest BCUT2D eigenvalue weighted by atomic mass is 10.2. The van der Waals surface area contributed by atoms with Crippen LogP contribution in [-0.2, 0) is 13.6 Å². The molecule has 0 saturated heterocycles. The Morgan fingerprint density at radius 2 is 1.56 bits per heavy atom. The van der Waals surface area contributed by atoms with Crippen molar-refractivity contribution in [1.82, 2.24) is 0 Å². The maximum absolute atomic E-state index is 13.7. The van der Waals surface area contributed by atoms with E-state index in [2.05, 4.69) is 5.32 Å². The second kappa shape index (κ2) is 9.13. The molecule has 0 aliphatic carbocycles. The van der Waals surface area contributed by atoms with Crippen LogP contribution < -0.4 is 5.32 Å². The molecule has 0 fully saturated rings. The van der Waals surface area contributed by atoms with Crippen molar-refractivity contribution < 1.29 is 18.5 Å². The summed E-state index contributed by atoms with van der Waals surface area (Å²) in [7, 11) is -3.65. The lowest BCUT2D eigenvalue weighted by molar-refractivity contribution is -0.384. The van der Waals surface area contributed by atoms with Crippen LogP contribution in [0.4, 0.5) is 11.4 Å². The van der Waals surface area contributed by atoms with Crippen molar-refractivity contribution in [3.05, 3.63) is 70.3 Å². The first-order chi connectivity index (χ1) is 12.7. The SMILES string of the molecule is CC(C)OP(=O)(OC(C)C)C(Nc1cccc([N+](=O)[O-])c1)c1ccccc1. The summed E-state index contributed by atoms with van der Waals surface area (Å²) in [4.78, 5) is 10.6. The van der Waals surface area contributed by atoms with Gasteiger partial charge in [-0.25, -0.2) is 0 Å². The number of nitrogens with zero attached hydrogens (tertiary/aromatic N) is 1. The van der Waals surface area contributed by atoms with Crippen LogP contribution in [0.5, 0.6) is 0 Å². The quantitative estimate of drug-likeness (QED) is 0.332. The summed E-state index contributed by atoms with van der Waals surface area (Å²) < 4.78 is 25.2. The molecule has 2 aromatic carbocycles. The minimum atomic E-state index is -3.65. The number of benzene rings is 2. The van der Waals surface area contributed by atoms with Crippen LogP contribution in [0, 0.1) is 10.1 Å². The summed E-state index contributed by atoms with van der Waals surface area (Å²) in [6.45, 7) is 7.13. The first kappa shape index (κ1) is 21.1. The summed E-state index contributed by atoms with van der Waals surface area (Å²) >= 11 is 0. The molecule has 7 nitrogen and oxygen atoms in total. The lowest BCUT2D eigenvalue weighted by Crippen LogP contribution is -2.19. The summed E-state index contributed by atoms with van der Waals surface area (Å²) in [5, 5.41) is 14.2. The van der Waals surface area contributed by atoms with Gasteiger partial charge in [0.15, 0.2) is 5.78 Å². The fraction of sp³-hybridized carbons (Fsp3) is 0.368. The van der Waals surface area contributed by atoms with Gasteiger partial charge >= 0.3 is 7.60 Å². The highest BCUT2D eigenvalue weighted by atomic mass is 31.2. The Kier molecular flexibility index (Phi) is 7.13. The fourth-order valence-corrected chi connectivity index (χ4v) is 4.89. The average Bonchev–Trinajstić information content (AvgIpc) is 2.59. The molecule has 1 atom stereocenters. The minimum Gasteiger partial charge on any atom is -0.368 e. The molecular weight excluding hydrogens is 367 g/mol. The van der Waals surface area contributed by atoms with Gasteiger partial charge in [-0.3, -0.25) is 14.7 Å². The Bertz CT molecular complexity index is 797. The third-order valence-electron chi connectivity index (χ3n) is 3.51. The Balaban J connectivity index is 2.49.